The Morgan fingerprint density at radius 2 is 1.71 bits per heavy atom. The molecule has 0 atom stereocenters. The van der Waals surface area contributed by atoms with E-state index in [2.05, 4.69) is 5.32 Å². The van der Waals surface area contributed by atoms with Gasteiger partial charge >= 0.3 is 6.09 Å². The van der Waals surface area contributed by atoms with Gasteiger partial charge in [0.1, 0.15) is 6.61 Å². The van der Waals surface area contributed by atoms with Crippen LogP contribution in [-0.2, 0) is 4.74 Å². The van der Waals surface area contributed by atoms with Crippen LogP contribution >= 0.6 is 11.6 Å². The molecule has 0 aliphatic heterocycles. The molecule has 0 aromatic carbocycles. The van der Waals surface area contributed by atoms with E-state index in [1.165, 1.54) is 32.1 Å². The molecule has 0 radical (unpaired) electrons. The van der Waals surface area contributed by atoms with Crippen LogP contribution in [0.5, 0.6) is 0 Å². The maximum atomic E-state index is 11.6. The molecule has 4 fully saturated rings. The standard InChI is InChI=1S/C13H20ClNO2/c14-1-2-17-13(16)15-12-10-4-8-3-9(6-10)7-11(12)5-8/h8-12H,1-7H2,(H,15,16). The Balaban J connectivity index is 1.58. The van der Waals surface area contributed by atoms with Crippen LogP contribution in [0.2, 0.25) is 0 Å². The molecular formula is C13H20ClNO2. The molecular weight excluding hydrogens is 238 g/mol. The van der Waals surface area contributed by atoms with E-state index in [0.717, 1.165) is 11.8 Å². The summed E-state index contributed by atoms with van der Waals surface area (Å²) in [6.07, 6.45) is 6.42. The number of alkyl carbamates (subject to hydrolysis) is 1. The van der Waals surface area contributed by atoms with Crippen LogP contribution in [0.25, 0.3) is 0 Å². The molecule has 4 aliphatic carbocycles. The number of rotatable bonds is 3. The number of hydrogen-bond acceptors (Lipinski definition) is 2. The summed E-state index contributed by atoms with van der Waals surface area (Å²) in [7, 11) is 0. The summed E-state index contributed by atoms with van der Waals surface area (Å²) in [6.45, 7) is 0.306. The monoisotopic (exact) mass is 257 g/mol. The molecule has 0 aromatic heterocycles. The number of amides is 1. The third kappa shape index (κ3) is 2.26. The van der Waals surface area contributed by atoms with Gasteiger partial charge in [0.15, 0.2) is 0 Å². The van der Waals surface area contributed by atoms with Crippen LogP contribution in [0, 0.1) is 23.7 Å². The highest BCUT2D eigenvalue weighted by Gasteiger charge is 2.48. The Hall–Kier alpha value is -0.440. The van der Waals surface area contributed by atoms with E-state index in [-0.39, 0.29) is 6.09 Å². The van der Waals surface area contributed by atoms with Gasteiger partial charge in [-0.25, -0.2) is 4.79 Å². The lowest BCUT2D eigenvalue weighted by atomic mass is 9.54. The number of alkyl halides is 1. The van der Waals surface area contributed by atoms with Crippen molar-refractivity contribution in [2.45, 2.75) is 38.1 Å². The summed E-state index contributed by atoms with van der Waals surface area (Å²) >= 11 is 5.50. The van der Waals surface area contributed by atoms with Crippen LogP contribution < -0.4 is 5.32 Å². The molecule has 0 heterocycles. The number of carbonyl (C=O) groups is 1. The largest absolute Gasteiger partial charge is 0.448 e. The summed E-state index contributed by atoms with van der Waals surface area (Å²) in [5.41, 5.74) is 0. The smallest absolute Gasteiger partial charge is 0.407 e. The summed E-state index contributed by atoms with van der Waals surface area (Å²) in [4.78, 5) is 11.6. The first kappa shape index (κ1) is 11.6. The van der Waals surface area contributed by atoms with Crippen LogP contribution in [0.3, 0.4) is 0 Å². The normalized spacial score (nSPS) is 42.5. The van der Waals surface area contributed by atoms with Crippen molar-refractivity contribution in [1.29, 1.82) is 0 Å². The Morgan fingerprint density at radius 1 is 1.12 bits per heavy atom. The highest BCUT2D eigenvalue weighted by molar-refractivity contribution is 6.18. The van der Waals surface area contributed by atoms with E-state index in [4.69, 9.17) is 16.3 Å². The van der Waals surface area contributed by atoms with E-state index >= 15 is 0 Å². The third-order valence-electron chi connectivity index (χ3n) is 4.82. The van der Waals surface area contributed by atoms with Crippen molar-refractivity contribution in [2.24, 2.45) is 23.7 Å². The predicted molar refractivity (Wildman–Crippen MR) is 66.0 cm³/mol. The number of carbonyl (C=O) groups excluding carboxylic acids is 1. The van der Waals surface area contributed by atoms with E-state index in [1.807, 2.05) is 0 Å². The van der Waals surface area contributed by atoms with E-state index in [1.54, 1.807) is 0 Å². The average molecular weight is 258 g/mol. The number of ether oxygens (including phenoxy) is 1. The van der Waals surface area contributed by atoms with Crippen molar-refractivity contribution in [2.75, 3.05) is 12.5 Å². The molecule has 4 aliphatic rings. The third-order valence-corrected chi connectivity index (χ3v) is 4.98. The minimum atomic E-state index is -0.275. The number of halogens is 1. The second kappa shape index (κ2) is 4.68. The molecule has 4 bridgehead atoms. The van der Waals surface area contributed by atoms with Gasteiger partial charge < -0.3 is 10.1 Å². The van der Waals surface area contributed by atoms with Crippen LogP contribution in [-0.4, -0.2) is 24.6 Å². The second-order valence-electron chi connectivity index (χ2n) is 5.93. The van der Waals surface area contributed by atoms with E-state index in [0.29, 0.717) is 30.4 Å². The average Bonchev–Trinajstić information content (AvgIpc) is 2.30. The zero-order valence-electron chi connectivity index (χ0n) is 10.0. The lowest BCUT2D eigenvalue weighted by molar-refractivity contribution is -0.0134. The molecule has 0 saturated heterocycles. The molecule has 0 aromatic rings. The molecule has 17 heavy (non-hydrogen) atoms. The van der Waals surface area contributed by atoms with Crippen molar-refractivity contribution in [3.63, 3.8) is 0 Å². The Kier molecular flexibility index (Phi) is 3.20. The predicted octanol–water partition coefficient (Wildman–Crippen LogP) is 2.78. The number of hydrogen-bond donors (Lipinski definition) is 1. The lowest BCUT2D eigenvalue weighted by Crippen LogP contribution is -2.55. The minimum absolute atomic E-state index is 0.275. The Morgan fingerprint density at radius 3 is 2.24 bits per heavy atom. The summed E-state index contributed by atoms with van der Waals surface area (Å²) in [5.74, 6) is 3.66. The fourth-order valence-corrected chi connectivity index (χ4v) is 4.55. The quantitative estimate of drug-likeness (QED) is 0.790. The fourth-order valence-electron chi connectivity index (χ4n) is 4.47. The first-order valence-corrected chi connectivity index (χ1v) is 7.29. The molecule has 4 saturated carbocycles. The topological polar surface area (TPSA) is 38.3 Å². The molecule has 1 amide bonds. The SMILES string of the molecule is O=C(NC1C2CC3CC(C2)CC1C3)OCCCl. The van der Waals surface area contributed by atoms with E-state index in [9.17, 15) is 4.79 Å². The molecule has 3 nitrogen and oxygen atoms in total. The van der Waals surface area contributed by atoms with Gasteiger partial charge in [-0.3, -0.25) is 0 Å². The fraction of sp³-hybridized carbons (Fsp3) is 0.923. The van der Waals surface area contributed by atoms with Crippen molar-refractivity contribution in [3.8, 4) is 0 Å². The zero-order valence-corrected chi connectivity index (χ0v) is 10.8. The molecule has 0 spiro atoms. The second-order valence-corrected chi connectivity index (χ2v) is 6.30. The molecule has 4 heteroatoms. The highest BCUT2D eigenvalue weighted by atomic mass is 35.5. The summed E-state index contributed by atoms with van der Waals surface area (Å²) < 4.78 is 5.02. The van der Waals surface area contributed by atoms with Crippen LogP contribution in [0.1, 0.15) is 32.1 Å². The first-order chi connectivity index (χ1) is 8.26. The number of nitrogens with one attached hydrogen (secondary N) is 1. The maximum absolute atomic E-state index is 11.6. The zero-order chi connectivity index (χ0) is 11.8. The molecule has 0 unspecified atom stereocenters. The van der Waals surface area contributed by atoms with Crippen LogP contribution in [0.15, 0.2) is 0 Å². The lowest BCUT2D eigenvalue weighted by Gasteiger charge is -2.54. The first-order valence-electron chi connectivity index (χ1n) is 6.75. The van der Waals surface area contributed by atoms with E-state index < -0.39 is 0 Å². The molecule has 4 rings (SSSR count). The molecule has 96 valence electrons. The van der Waals surface area contributed by atoms with Crippen molar-refractivity contribution in [1.82, 2.24) is 5.32 Å². The van der Waals surface area contributed by atoms with Crippen molar-refractivity contribution >= 4 is 17.7 Å². The Bertz CT molecular complexity index is 280. The van der Waals surface area contributed by atoms with Gasteiger partial charge in [-0.2, -0.15) is 0 Å². The van der Waals surface area contributed by atoms with Gasteiger partial charge in [0.05, 0.1) is 5.88 Å². The minimum Gasteiger partial charge on any atom is -0.448 e. The highest BCUT2D eigenvalue weighted by Crippen LogP contribution is 2.53. The van der Waals surface area contributed by atoms with Gasteiger partial charge in [-0.05, 0) is 55.8 Å². The van der Waals surface area contributed by atoms with Crippen molar-refractivity contribution in [3.05, 3.63) is 0 Å². The van der Waals surface area contributed by atoms with Crippen molar-refractivity contribution < 1.29 is 9.53 Å². The summed E-state index contributed by atoms with van der Waals surface area (Å²) in [5, 5.41) is 3.08. The van der Waals surface area contributed by atoms with Gasteiger partial charge in [0.25, 0.3) is 0 Å². The van der Waals surface area contributed by atoms with Gasteiger partial charge in [-0.1, -0.05) is 0 Å². The Labute approximate surface area is 107 Å². The van der Waals surface area contributed by atoms with Crippen LogP contribution in [0.4, 0.5) is 4.79 Å². The molecule has 1 N–H and O–H groups in total. The maximum Gasteiger partial charge on any atom is 0.407 e. The summed E-state index contributed by atoms with van der Waals surface area (Å²) in [6, 6.07) is 0.366. The van der Waals surface area contributed by atoms with Gasteiger partial charge in [0, 0.05) is 6.04 Å². The van der Waals surface area contributed by atoms with Gasteiger partial charge in [-0.15, -0.1) is 11.6 Å². The van der Waals surface area contributed by atoms with Gasteiger partial charge in [0.2, 0.25) is 0 Å².